The lowest BCUT2D eigenvalue weighted by atomic mass is 10.1. The zero-order valence-corrected chi connectivity index (χ0v) is 12.1. The number of urea groups is 1. The molecule has 0 unspecified atom stereocenters. The van der Waals surface area contributed by atoms with Gasteiger partial charge in [0.2, 0.25) is 5.13 Å². The normalized spacial score (nSPS) is 15.1. The third-order valence-corrected chi connectivity index (χ3v) is 4.47. The molecular weight excluding hydrogens is 291 g/mol. The fourth-order valence-corrected chi connectivity index (χ4v) is 3.32. The van der Waals surface area contributed by atoms with Crippen molar-refractivity contribution in [3.8, 4) is 0 Å². The molecule has 0 atom stereocenters. The first-order valence-corrected chi connectivity index (χ1v) is 7.69. The van der Waals surface area contributed by atoms with Crippen LogP contribution in [-0.2, 0) is 0 Å². The van der Waals surface area contributed by atoms with E-state index in [-0.39, 0.29) is 5.82 Å². The number of halogens is 1. The van der Waals surface area contributed by atoms with Crippen LogP contribution in [0.3, 0.4) is 0 Å². The molecule has 110 valence electrons. The largest absolute Gasteiger partial charge is 0.325 e. The molecule has 1 aliphatic rings. The van der Waals surface area contributed by atoms with Gasteiger partial charge in [0.1, 0.15) is 10.8 Å². The molecule has 1 heterocycles. The first kappa shape index (κ1) is 13.9. The lowest BCUT2D eigenvalue weighted by Crippen LogP contribution is -2.19. The van der Waals surface area contributed by atoms with Crippen molar-refractivity contribution in [2.24, 2.45) is 0 Å². The Morgan fingerprint density at radius 2 is 1.86 bits per heavy atom. The lowest BCUT2D eigenvalue weighted by molar-refractivity contribution is 0.262. The summed E-state index contributed by atoms with van der Waals surface area (Å²) < 4.78 is 12.8. The van der Waals surface area contributed by atoms with Gasteiger partial charge in [-0.3, -0.25) is 5.32 Å². The minimum Gasteiger partial charge on any atom is -0.308 e. The van der Waals surface area contributed by atoms with Gasteiger partial charge < -0.3 is 5.32 Å². The van der Waals surface area contributed by atoms with E-state index in [4.69, 9.17) is 0 Å². The van der Waals surface area contributed by atoms with Gasteiger partial charge in [0.05, 0.1) is 0 Å². The Hall–Kier alpha value is -2.02. The quantitative estimate of drug-likeness (QED) is 0.901. The molecule has 3 rings (SSSR count). The molecule has 21 heavy (non-hydrogen) atoms. The summed E-state index contributed by atoms with van der Waals surface area (Å²) in [7, 11) is 0. The van der Waals surface area contributed by atoms with Crippen molar-refractivity contribution >= 4 is 28.2 Å². The summed E-state index contributed by atoms with van der Waals surface area (Å²) in [5, 5.41) is 14.9. The van der Waals surface area contributed by atoms with Crippen molar-refractivity contribution in [1.29, 1.82) is 0 Å². The Labute approximate surface area is 125 Å². The number of benzene rings is 1. The minimum atomic E-state index is -0.407. The van der Waals surface area contributed by atoms with Crippen LogP contribution in [0.1, 0.15) is 36.6 Å². The number of carbonyl (C=O) groups is 1. The Morgan fingerprint density at radius 1 is 1.14 bits per heavy atom. The van der Waals surface area contributed by atoms with Crippen molar-refractivity contribution in [2.75, 3.05) is 10.6 Å². The van der Waals surface area contributed by atoms with E-state index in [1.807, 2.05) is 0 Å². The minimum absolute atomic E-state index is 0.341. The van der Waals surface area contributed by atoms with Crippen LogP contribution in [0.2, 0.25) is 0 Å². The second-order valence-corrected chi connectivity index (χ2v) is 6.02. The van der Waals surface area contributed by atoms with Crippen LogP contribution < -0.4 is 10.6 Å². The Balaban J connectivity index is 1.58. The standard InChI is InChI=1S/C14H15FN4OS/c15-10-5-7-11(8-6-10)16-13(20)17-14-19-18-12(21-14)9-3-1-2-4-9/h5-9H,1-4H2,(H2,16,17,19,20). The van der Waals surface area contributed by atoms with Crippen molar-refractivity contribution in [2.45, 2.75) is 31.6 Å². The highest BCUT2D eigenvalue weighted by Crippen LogP contribution is 2.36. The van der Waals surface area contributed by atoms with Crippen LogP contribution in [0, 0.1) is 5.82 Å². The van der Waals surface area contributed by atoms with Gasteiger partial charge in [-0.2, -0.15) is 0 Å². The maximum atomic E-state index is 12.8. The van der Waals surface area contributed by atoms with Crippen LogP contribution in [0.15, 0.2) is 24.3 Å². The van der Waals surface area contributed by atoms with Crippen molar-refractivity contribution in [1.82, 2.24) is 10.2 Å². The number of nitrogens with one attached hydrogen (secondary N) is 2. The molecule has 5 nitrogen and oxygen atoms in total. The second kappa shape index (κ2) is 6.17. The smallest absolute Gasteiger partial charge is 0.308 e. The van der Waals surface area contributed by atoms with Gasteiger partial charge in [-0.25, -0.2) is 9.18 Å². The summed E-state index contributed by atoms with van der Waals surface area (Å²) in [6.45, 7) is 0. The van der Waals surface area contributed by atoms with Crippen molar-refractivity contribution in [3.63, 3.8) is 0 Å². The van der Waals surface area contributed by atoms with Gasteiger partial charge in [0, 0.05) is 11.6 Å². The second-order valence-electron chi connectivity index (χ2n) is 5.01. The molecule has 1 fully saturated rings. The number of aromatic nitrogens is 2. The summed E-state index contributed by atoms with van der Waals surface area (Å²) in [5.41, 5.74) is 0.523. The molecule has 2 aromatic rings. The molecule has 1 saturated carbocycles. The van der Waals surface area contributed by atoms with E-state index in [1.54, 1.807) is 0 Å². The SMILES string of the molecule is O=C(Nc1ccc(F)cc1)Nc1nnc(C2CCCC2)s1. The van der Waals surface area contributed by atoms with E-state index in [0.29, 0.717) is 16.7 Å². The van der Waals surface area contributed by atoms with E-state index in [1.165, 1.54) is 48.4 Å². The summed E-state index contributed by atoms with van der Waals surface area (Å²) in [6.07, 6.45) is 4.77. The molecule has 2 amide bonds. The molecule has 1 aromatic heterocycles. The Morgan fingerprint density at radius 3 is 2.57 bits per heavy atom. The first-order valence-electron chi connectivity index (χ1n) is 6.88. The number of anilines is 2. The number of hydrogen-bond donors (Lipinski definition) is 2. The van der Waals surface area contributed by atoms with Crippen LogP contribution in [0.4, 0.5) is 20.0 Å². The van der Waals surface area contributed by atoms with Crippen LogP contribution in [0.25, 0.3) is 0 Å². The summed E-state index contributed by atoms with van der Waals surface area (Å²) in [6, 6.07) is 5.17. The molecule has 0 saturated heterocycles. The van der Waals surface area contributed by atoms with Gasteiger partial charge in [0.25, 0.3) is 0 Å². The molecule has 0 radical (unpaired) electrons. The highest BCUT2D eigenvalue weighted by molar-refractivity contribution is 7.15. The fraction of sp³-hybridized carbons (Fsp3) is 0.357. The summed E-state index contributed by atoms with van der Waals surface area (Å²) >= 11 is 1.42. The molecule has 0 aliphatic heterocycles. The number of hydrogen-bond acceptors (Lipinski definition) is 4. The zero-order chi connectivity index (χ0) is 14.7. The Bertz CT molecular complexity index is 622. The zero-order valence-electron chi connectivity index (χ0n) is 11.3. The van der Waals surface area contributed by atoms with E-state index in [2.05, 4.69) is 20.8 Å². The maximum Gasteiger partial charge on any atom is 0.325 e. The number of carbonyl (C=O) groups excluding carboxylic acids is 1. The van der Waals surface area contributed by atoms with Gasteiger partial charge in [-0.1, -0.05) is 24.2 Å². The van der Waals surface area contributed by atoms with Crippen LogP contribution in [0.5, 0.6) is 0 Å². The van der Waals surface area contributed by atoms with Crippen molar-refractivity contribution in [3.05, 3.63) is 35.1 Å². The van der Waals surface area contributed by atoms with Gasteiger partial charge in [0.15, 0.2) is 0 Å². The van der Waals surface area contributed by atoms with E-state index in [9.17, 15) is 9.18 Å². The van der Waals surface area contributed by atoms with E-state index >= 15 is 0 Å². The van der Waals surface area contributed by atoms with Crippen molar-refractivity contribution < 1.29 is 9.18 Å². The maximum absolute atomic E-state index is 12.8. The third-order valence-electron chi connectivity index (χ3n) is 3.47. The molecular formula is C14H15FN4OS. The lowest BCUT2D eigenvalue weighted by Gasteiger charge is -2.04. The third kappa shape index (κ3) is 3.55. The van der Waals surface area contributed by atoms with Gasteiger partial charge in [-0.05, 0) is 37.1 Å². The average molecular weight is 306 g/mol. The molecule has 0 bridgehead atoms. The topological polar surface area (TPSA) is 66.9 Å². The monoisotopic (exact) mass is 306 g/mol. The summed E-state index contributed by atoms with van der Waals surface area (Å²) in [5.74, 6) is 0.143. The molecule has 7 heteroatoms. The number of nitrogens with zero attached hydrogens (tertiary/aromatic N) is 2. The highest BCUT2D eigenvalue weighted by atomic mass is 32.1. The molecule has 2 N–H and O–H groups in total. The van der Waals surface area contributed by atoms with Crippen LogP contribution >= 0.6 is 11.3 Å². The number of amides is 2. The van der Waals surface area contributed by atoms with Gasteiger partial charge in [-0.15, -0.1) is 10.2 Å². The molecule has 0 spiro atoms. The summed E-state index contributed by atoms with van der Waals surface area (Å²) in [4.78, 5) is 11.8. The molecule has 1 aromatic carbocycles. The predicted octanol–water partition coefficient (Wildman–Crippen LogP) is 3.98. The van der Waals surface area contributed by atoms with E-state index in [0.717, 1.165) is 17.8 Å². The van der Waals surface area contributed by atoms with E-state index < -0.39 is 6.03 Å². The first-order chi connectivity index (χ1) is 10.2. The van der Waals surface area contributed by atoms with Crippen LogP contribution in [-0.4, -0.2) is 16.2 Å². The predicted molar refractivity (Wildman–Crippen MR) is 80.2 cm³/mol. The number of rotatable bonds is 3. The van der Waals surface area contributed by atoms with Gasteiger partial charge >= 0.3 is 6.03 Å². The average Bonchev–Trinajstić information content (AvgIpc) is 3.12. The fourth-order valence-electron chi connectivity index (χ4n) is 2.42. The highest BCUT2D eigenvalue weighted by Gasteiger charge is 2.21. The molecule has 1 aliphatic carbocycles. The Kier molecular flexibility index (Phi) is 4.10.